The maximum atomic E-state index is 5.47. The minimum atomic E-state index is 0.435. The molecule has 0 spiro atoms. The molecule has 52 valence electrons. The topological polar surface area (TPSA) is 26.0 Å². The third kappa shape index (κ3) is 9.35. The highest BCUT2D eigenvalue weighted by molar-refractivity contribution is 4.51. The van der Waals surface area contributed by atoms with E-state index >= 15 is 0 Å². The van der Waals surface area contributed by atoms with E-state index in [1.807, 2.05) is 13.8 Å². The Morgan fingerprint density at radius 3 is 1.38 bits per heavy atom. The molecule has 0 aromatic rings. The minimum Gasteiger partial charge on any atom is -0.328 e. The standard InChI is InChI=1S/C5H13N.C2H6/c1-3-5(6)4-2;1-2/h5H,3-4,6H2,1-2H3;1-2H3. The predicted molar refractivity (Wildman–Crippen MR) is 39.9 cm³/mol. The fraction of sp³-hybridized carbons (Fsp3) is 1.00. The average molecular weight is 117 g/mol. The Balaban J connectivity index is 0. The molecule has 0 radical (unpaired) electrons. The normalized spacial score (nSPS) is 8.25. The zero-order valence-electron chi connectivity index (χ0n) is 6.57. The summed E-state index contributed by atoms with van der Waals surface area (Å²) in [5.41, 5.74) is 5.47. The number of nitrogens with two attached hydrogens (primary N) is 1. The number of hydrogen-bond acceptors (Lipinski definition) is 1. The lowest BCUT2D eigenvalue weighted by molar-refractivity contribution is 0.629. The summed E-state index contributed by atoms with van der Waals surface area (Å²) in [6.45, 7) is 8.21. The maximum Gasteiger partial charge on any atom is 0.00335 e. The van der Waals surface area contributed by atoms with Crippen LogP contribution in [0.25, 0.3) is 0 Å². The van der Waals surface area contributed by atoms with Crippen molar-refractivity contribution in [2.45, 2.75) is 46.6 Å². The lowest BCUT2D eigenvalue weighted by atomic mass is 10.2. The lowest BCUT2D eigenvalue weighted by Gasteiger charge is -1.99. The van der Waals surface area contributed by atoms with E-state index in [1.165, 1.54) is 0 Å². The summed E-state index contributed by atoms with van der Waals surface area (Å²) in [5, 5.41) is 0. The van der Waals surface area contributed by atoms with E-state index in [0.717, 1.165) is 12.8 Å². The maximum absolute atomic E-state index is 5.47. The first kappa shape index (κ1) is 10.9. The van der Waals surface area contributed by atoms with Gasteiger partial charge in [0.1, 0.15) is 0 Å². The molecule has 0 heterocycles. The van der Waals surface area contributed by atoms with Crippen LogP contribution in [-0.4, -0.2) is 6.04 Å². The van der Waals surface area contributed by atoms with Crippen LogP contribution in [0.4, 0.5) is 0 Å². The fourth-order valence-corrected chi connectivity index (χ4v) is 0.289. The zero-order valence-corrected chi connectivity index (χ0v) is 6.57. The molecule has 1 heteroatoms. The van der Waals surface area contributed by atoms with Gasteiger partial charge in [0, 0.05) is 6.04 Å². The van der Waals surface area contributed by atoms with Crippen LogP contribution in [0.15, 0.2) is 0 Å². The molecular weight excluding hydrogens is 98.1 g/mol. The van der Waals surface area contributed by atoms with E-state index in [1.54, 1.807) is 0 Å². The molecule has 1 nitrogen and oxygen atoms in total. The molecule has 0 unspecified atom stereocenters. The van der Waals surface area contributed by atoms with Crippen molar-refractivity contribution in [2.24, 2.45) is 5.73 Å². The monoisotopic (exact) mass is 117 g/mol. The summed E-state index contributed by atoms with van der Waals surface area (Å²) in [6.07, 6.45) is 2.22. The lowest BCUT2D eigenvalue weighted by Crippen LogP contribution is -2.16. The first-order valence-electron chi connectivity index (χ1n) is 3.56. The van der Waals surface area contributed by atoms with Crippen LogP contribution >= 0.6 is 0 Å². The fourth-order valence-electron chi connectivity index (χ4n) is 0.289. The van der Waals surface area contributed by atoms with Crippen LogP contribution < -0.4 is 5.73 Å². The molecule has 0 saturated heterocycles. The summed E-state index contributed by atoms with van der Waals surface area (Å²) in [7, 11) is 0. The molecule has 0 aliphatic carbocycles. The third-order valence-corrected chi connectivity index (χ3v) is 1.05. The van der Waals surface area contributed by atoms with Gasteiger partial charge < -0.3 is 5.73 Å². The van der Waals surface area contributed by atoms with Gasteiger partial charge in [0.05, 0.1) is 0 Å². The van der Waals surface area contributed by atoms with E-state index in [2.05, 4.69) is 13.8 Å². The van der Waals surface area contributed by atoms with Gasteiger partial charge >= 0.3 is 0 Å². The van der Waals surface area contributed by atoms with Crippen molar-refractivity contribution >= 4 is 0 Å². The van der Waals surface area contributed by atoms with E-state index in [0.29, 0.717) is 6.04 Å². The summed E-state index contributed by atoms with van der Waals surface area (Å²) in [4.78, 5) is 0. The van der Waals surface area contributed by atoms with Crippen LogP contribution in [0.5, 0.6) is 0 Å². The highest BCUT2D eigenvalue weighted by Crippen LogP contribution is 1.88. The van der Waals surface area contributed by atoms with Gasteiger partial charge in [-0.25, -0.2) is 0 Å². The zero-order chi connectivity index (χ0) is 6.99. The molecule has 2 N–H and O–H groups in total. The van der Waals surface area contributed by atoms with Gasteiger partial charge in [0.25, 0.3) is 0 Å². The van der Waals surface area contributed by atoms with Gasteiger partial charge in [-0.2, -0.15) is 0 Å². The van der Waals surface area contributed by atoms with E-state index in [-0.39, 0.29) is 0 Å². The predicted octanol–water partition coefficient (Wildman–Crippen LogP) is 2.16. The Morgan fingerprint density at radius 2 is 1.38 bits per heavy atom. The average Bonchev–Trinajstić information content (AvgIpc) is 1.91. The summed E-state index contributed by atoms with van der Waals surface area (Å²) < 4.78 is 0. The first-order valence-corrected chi connectivity index (χ1v) is 3.56. The molecule has 0 atom stereocenters. The Kier molecular flexibility index (Phi) is 13.6. The van der Waals surface area contributed by atoms with Gasteiger partial charge in [-0.15, -0.1) is 0 Å². The van der Waals surface area contributed by atoms with Crippen LogP contribution in [-0.2, 0) is 0 Å². The van der Waals surface area contributed by atoms with Crippen LogP contribution in [0.3, 0.4) is 0 Å². The summed E-state index contributed by atoms with van der Waals surface area (Å²) in [5.74, 6) is 0. The molecule has 8 heavy (non-hydrogen) atoms. The molecule has 0 bridgehead atoms. The highest BCUT2D eigenvalue weighted by atomic mass is 14.6. The molecule has 0 saturated carbocycles. The molecular formula is C7H19N. The Hall–Kier alpha value is -0.0400. The second kappa shape index (κ2) is 10.0. The van der Waals surface area contributed by atoms with Gasteiger partial charge in [-0.1, -0.05) is 27.7 Å². The van der Waals surface area contributed by atoms with E-state index in [4.69, 9.17) is 5.73 Å². The molecule has 0 aliphatic heterocycles. The van der Waals surface area contributed by atoms with Crippen molar-refractivity contribution in [1.29, 1.82) is 0 Å². The smallest absolute Gasteiger partial charge is 0.00335 e. The van der Waals surface area contributed by atoms with Crippen LogP contribution in [0.1, 0.15) is 40.5 Å². The minimum absolute atomic E-state index is 0.435. The number of hydrogen-bond donors (Lipinski definition) is 1. The third-order valence-electron chi connectivity index (χ3n) is 1.05. The molecule has 0 rings (SSSR count). The largest absolute Gasteiger partial charge is 0.328 e. The first-order chi connectivity index (χ1) is 3.81. The van der Waals surface area contributed by atoms with Crippen molar-refractivity contribution < 1.29 is 0 Å². The van der Waals surface area contributed by atoms with Crippen molar-refractivity contribution in [3.8, 4) is 0 Å². The Labute approximate surface area is 53.3 Å². The SMILES string of the molecule is CC.CCC(N)CC. The second-order valence-corrected chi connectivity index (χ2v) is 1.58. The molecule has 0 amide bonds. The van der Waals surface area contributed by atoms with E-state index in [9.17, 15) is 0 Å². The van der Waals surface area contributed by atoms with Crippen molar-refractivity contribution in [3.63, 3.8) is 0 Å². The quantitative estimate of drug-likeness (QED) is 0.589. The van der Waals surface area contributed by atoms with Crippen LogP contribution in [0.2, 0.25) is 0 Å². The molecule has 0 fully saturated rings. The van der Waals surface area contributed by atoms with Gasteiger partial charge in [-0.05, 0) is 12.8 Å². The van der Waals surface area contributed by atoms with Crippen LogP contribution in [0, 0.1) is 0 Å². The van der Waals surface area contributed by atoms with Crippen molar-refractivity contribution in [1.82, 2.24) is 0 Å². The van der Waals surface area contributed by atoms with Crippen molar-refractivity contribution in [2.75, 3.05) is 0 Å². The van der Waals surface area contributed by atoms with Crippen molar-refractivity contribution in [3.05, 3.63) is 0 Å². The highest BCUT2D eigenvalue weighted by Gasteiger charge is 1.88. The van der Waals surface area contributed by atoms with Gasteiger partial charge in [-0.3, -0.25) is 0 Å². The summed E-state index contributed by atoms with van der Waals surface area (Å²) in [6, 6.07) is 0.435. The van der Waals surface area contributed by atoms with Gasteiger partial charge in [0.15, 0.2) is 0 Å². The second-order valence-electron chi connectivity index (χ2n) is 1.58. The Bertz CT molecular complexity index is 23.6. The number of rotatable bonds is 2. The Morgan fingerprint density at radius 1 is 1.12 bits per heavy atom. The molecule has 0 aliphatic rings. The molecule has 0 aromatic carbocycles. The van der Waals surface area contributed by atoms with E-state index < -0.39 is 0 Å². The van der Waals surface area contributed by atoms with Gasteiger partial charge in [0.2, 0.25) is 0 Å². The summed E-state index contributed by atoms with van der Waals surface area (Å²) >= 11 is 0. The molecule has 0 aromatic heterocycles.